The summed E-state index contributed by atoms with van der Waals surface area (Å²) in [7, 11) is 0. The van der Waals surface area contributed by atoms with Crippen LogP contribution in [0, 0.1) is 25.2 Å². The summed E-state index contributed by atoms with van der Waals surface area (Å²) in [5, 5.41) is 26.7. The van der Waals surface area contributed by atoms with E-state index in [4.69, 9.17) is 27.1 Å². The predicted octanol–water partition coefficient (Wildman–Crippen LogP) is 4.07. The van der Waals surface area contributed by atoms with Crippen LogP contribution in [0.4, 0.5) is 0 Å². The highest BCUT2D eigenvalue weighted by Crippen LogP contribution is 2.15. The number of aryl methyl sites for hydroxylation is 2. The Labute approximate surface area is 166 Å². The lowest BCUT2D eigenvalue weighted by atomic mass is 10.1. The van der Waals surface area contributed by atoms with Crippen molar-refractivity contribution in [2.24, 2.45) is 0 Å². The fourth-order valence-corrected chi connectivity index (χ4v) is 2.72. The molecule has 0 amide bonds. The van der Waals surface area contributed by atoms with Gasteiger partial charge in [-0.2, -0.15) is 5.26 Å². The minimum atomic E-state index is -1.22. The first-order valence-corrected chi connectivity index (χ1v) is 8.54. The molecule has 0 saturated carbocycles. The molecule has 0 aliphatic heterocycles. The van der Waals surface area contributed by atoms with Crippen LogP contribution in [0.2, 0.25) is 5.02 Å². The van der Waals surface area contributed by atoms with Crippen molar-refractivity contribution in [3.05, 3.63) is 92.4 Å². The quantitative estimate of drug-likeness (QED) is 0.679. The second-order valence-corrected chi connectivity index (χ2v) is 6.36. The minimum absolute atomic E-state index is 0.189. The number of hydrogen-bond donors (Lipinski definition) is 2. The van der Waals surface area contributed by atoms with E-state index < -0.39 is 11.5 Å². The molecule has 0 aliphatic carbocycles. The zero-order valence-electron chi connectivity index (χ0n) is 15.2. The third-order valence-electron chi connectivity index (χ3n) is 3.88. The number of carbonyl (C=O) groups is 1. The summed E-state index contributed by atoms with van der Waals surface area (Å²) in [6, 6.07) is 16.4. The molecule has 0 spiro atoms. The lowest BCUT2D eigenvalue weighted by Gasteiger charge is -2.12. The van der Waals surface area contributed by atoms with Crippen molar-refractivity contribution < 1.29 is 15.0 Å². The Morgan fingerprint density at radius 3 is 2.14 bits per heavy atom. The van der Waals surface area contributed by atoms with Crippen LogP contribution >= 0.6 is 11.6 Å². The summed E-state index contributed by atoms with van der Waals surface area (Å²) in [6.45, 7) is 3.37. The van der Waals surface area contributed by atoms with Crippen molar-refractivity contribution >= 4 is 17.6 Å². The Hall–Kier alpha value is -3.56. The van der Waals surface area contributed by atoms with Crippen molar-refractivity contribution in [3.8, 4) is 17.5 Å². The normalized spacial score (nSPS) is 9.79. The standard InChI is InChI=1S/C14H12ClNO3.C7H5NO/c1-8-7-9(2)16(13(17)12(8)14(18)19)11-5-3-10(15)4-6-11;8-5-6-1-3-7(9)4-2-6/h3-7H,1-2H3,(H,18,19);1-4,9H. The largest absolute Gasteiger partial charge is 0.508 e. The van der Waals surface area contributed by atoms with Gasteiger partial charge in [0.15, 0.2) is 0 Å². The number of aromatic nitrogens is 1. The lowest BCUT2D eigenvalue weighted by Crippen LogP contribution is -2.28. The first-order valence-electron chi connectivity index (χ1n) is 8.16. The van der Waals surface area contributed by atoms with Crippen molar-refractivity contribution in [2.45, 2.75) is 13.8 Å². The molecule has 2 N–H and O–H groups in total. The highest BCUT2D eigenvalue weighted by atomic mass is 35.5. The topological polar surface area (TPSA) is 103 Å². The molecule has 2 aromatic carbocycles. The van der Waals surface area contributed by atoms with Gasteiger partial charge in [0.2, 0.25) is 0 Å². The first-order chi connectivity index (χ1) is 13.2. The van der Waals surface area contributed by atoms with Crippen molar-refractivity contribution in [1.29, 1.82) is 5.26 Å². The monoisotopic (exact) mass is 396 g/mol. The molecule has 1 aromatic heterocycles. The number of aromatic hydroxyl groups is 1. The molecule has 6 nitrogen and oxygen atoms in total. The van der Waals surface area contributed by atoms with E-state index in [1.807, 2.05) is 6.07 Å². The lowest BCUT2D eigenvalue weighted by molar-refractivity contribution is 0.0693. The van der Waals surface area contributed by atoms with Gasteiger partial charge in [0, 0.05) is 16.4 Å². The van der Waals surface area contributed by atoms with Crippen LogP contribution in [0.15, 0.2) is 59.4 Å². The molecule has 0 bridgehead atoms. The summed E-state index contributed by atoms with van der Waals surface area (Å²) in [5.41, 5.74) is 1.55. The second kappa shape index (κ2) is 8.89. The summed E-state index contributed by atoms with van der Waals surface area (Å²) in [4.78, 5) is 23.4. The number of pyridine rings is 1. The maximum absolute atomic E-state index is 12.3. The SMILES string of the molecule is Cc1cc(C)n(-c2ccc(Cl)cc2)c(=O)c1C(=O)O.N#Cc1ccc(O)cc1. The number of nitriles is 1. The molecule has 3 aromatic rings. The number of benzene rings is 2. The van der Waals surface area contributed by atoms with Gasteiger partial charge in [-0.1, -0.05) is 11.6 Å². The van der Waals surface area contributed by atoms with Gasteiger partial charge in [0.05, 0.1) is 11.6 Å². The van der Waals surface area contributed by atoms with E-state index in [0.29, 0.717) is 27.5 Å². The Morgan fingerprint density at radius 2 is 1.64 bits per heavy atom. The average molecular weight is 397 g/mol. The van der Waals surface area contributed by atoms with Gasteiger partial charge in [-0.05, 0) is 74.0 Å². The maximum atomic E-state index is 12.3. The summed E-state index contributed by atoms with van der Waals surface area (Å²) in [5.74, 6) is -1.03. The van der Waals surface area contributed by atoms with Crippen LogP contribution in [-0.4, -0.2) is 20.7 Å². The van der Waals surface area contributed by atoms with E-state index in [9.17, 15) is 9.59 Å². The molecule has 7 heteroatoms. The highest BCUT2D eigenvalue weighted by Gasteiger charge is 2.17. The average Bonchev–Trinajstić information content (AvgIpc) is 2.64. The van der Waals surface area contributed by atoms with Gasteiger partial charge < -0.3 is 10.2 Å². The molecular weight excluding hydrogens is 380 g/mol. The van der Waals surface area contributed by atoms with Crippen LogP contribution in [0.3, 0.4) is 0 Å². The summed E-state index contributed by atoms with van der Waals surface area (Å²) in [6.07, 6.45) is 0. The molecule has 0 fully saturated rings. The number of aromatic carboxylic acids is 1. The fraction of sp³-hybridized carbons (Fsp3) is 0.0952. The Morgan fingerprint density at radius 1 is 1.07 bits per heavy atom. The van der Waals surface area contributed by atoms with E-state index in [-0.39, 0.29) is 11.3 Å². The molecule has 3 rings (SSSR count). The molecule has 0 aliphatic rings. The summed E-state index contributed by atoms with van der Waals surface area (Å²) < 4.78 is 1.37. The van der Waals surface area contributed by atoms with Crippen LogP contribution in [0.1, 0.15) is 27.2 Å². The Bertz CT molecular complexity index is 1100. The van der Waals surface area contributed by atoms with Crippen molar-refractivity contribution in [2.75, 3.05) is 0 Å². The van der Waals surface area contributed by atoms with Gasteiger partial charge in [0.1, 0.15) is 11.3 Å². The molecule has 0 radical (unpaired) electrons. The van der Waals surface area contributed by atoms with E-state index >= 15 is 0 Å². The number of nitrogens with zero attached hydrogens (tertiary/aromatic N) is 2. The van der Waals surface area contributed by atoms with Crippen LogP contribution < -0.4 is 5.56 Å². The maximum Gasteiger partial charge on any atom is 0.341 e. The Kier molecular flexibility index (Phi) is 6.59. The van der Waals surface area contributed by atoms with Crippen LogP contribution in [0.25, 0.3) is 5.69 Å². The van der Waals surface area contributed by atoms with Gasteiger partial charge in [-0.15, -0.1) is 0 Å². The number of phenols is 1. The Balaban J connectivity index is 0.000000261. The van der Waals surface area contributed by atoms with E-state index in [0.717, 1.165) is 0 Å². The zero-order chi connectivity index (χ0) is 20.8. The van der Waals surface area contributed by atoms with E-state index in [2.05, 4.69) is 0 Å². The molecule has 142 valence electrons. The number of rotatable bonds is 2. The molecule has 0 saturated heterocycles. The zero-order valence-corrected chi connectivity index (χ0v) is 15.9. The van der Waals surface area contributed by atoms with Gasteiger partial charge in [0.25, 0.3) is 5.56 Å². The van der Waals surface area contributed by atoms with Gasteiger partial charge in [-0.3, -0.25) is 9.36 Å². The van der Waals surface area contributed by atoms with Crippen LogP contribution in [-0.2, 0) is 0 Å². The van der Waals surface area contributed by atoms with Crippen molar-refractivity contribution in [3.63, 3.8) is 0 Å². The molecule has 1 heterocycles. The minimum Gasteiger partial charge on any atom is -0.508 e. The molecule has 0 unspecified atom stereocenters. The third-order valence-corrected chi connectivity index (χ3v) is 4.14. The number of phenolic OH excluding ortho intramolecular Hbond substituents is 1. The third kappa shape index (κ3) is 4.78. The fourth-order valence-electron chi connectivity index (χ4n) is 2.60. The smallest absolute Gasteiger partial charge is 0.341 e. The van der Waals surface area contributed by atoms with E-state index in [1.165, 1.54) is 16.7 Å². The molecule has 0 atom stereocenters. The highest BCUT2D eigenvalue weighted by molar-refractivity contribution is 6.30. The van der Waals surface area contributed by atoms with Crippen molar-refractivity contribution in [1.82, 2.24) is 4.57 Å². The number of halogens is 1. The first kappa shape index (κ1) is 20.7. The predicted molar refractivity (Wildman–Crippen MR) is 106 cm³/mol. The summed E-state index contributed by atoms with van der Waals surface area (Å²) >= 11 is 5.80. The van der Waals surface area contributed by atoms with E-state index in [1.54, 1.807) is 56.3 Å². The number of hydrogen-bond acceptors (Lipinski definition) is 4. The number of carboxylic acids is 1. The molecule has 28 heavy (non-hydrogen) atoms. The van der Waals surface area contributed by atoms with Gasteiger partial charge in [-0.25, -0.2) is 4.79 Å². The molecular formula is C21H17ClN2O4. The number of carboxylic acid groups (broad SMARTS) is 1. The second-order valence-electron chi connectivity index (χ2n) is 5.92. The van der Waals surface area contributed by atoms with Gasteiger partial charge >= 0.3 is 5.97 Å². The van der Waals surface area contributed by atoms with Crippen LogP contribution in [0.5, 0.6) is 5.75 Å².